The molecule has 0 N–H and O–H groups in total. The first-order valence-electron chi connectivity index (χ1n) is 22.4. The molecule has 0 fully saturated rings. The minimum absolute atomic E-state index is 0.0236. The lowest BCUT2D eigenvalue weighted by Crippen LogP contribution is -2.56. The molecule has 0 unspecified atom stereocenters. The Hall–Kier alpha value is -7.24. The average Bonchev–Trinajstić information content (AvgIpc) is 3.93. The van der Waals surface area contributed by atoms with E-state index in [4.69, 9.17) is 0 Å². The Kier molecular flexibility index (Phi) is 7.33. The van der Waals surface area contributed by atoms with E-state index in [-0.39, 0.29) is 17.7 Å². The second-order valence-corrected chi connectivity index (χ2v) is 19.8. The molecule has 11 aromatic rings. The van der Waals surface area contributed by atoms with Gasteiger partial charge in [-0.05, 0) is 105 Å². The monoisotopic (exact) mass is 810 g/mol. The van der Waals surface area contributed by atoms with Crippen molar-refractivity contribution in [1.82, 2.24) is 13.6 Å². The molecule has 0 radical (unpaired) electrons. The molecule has 302 valence electrons. The highest BCUT2D eigenvalue weighted by Crippen LogP contribution is 2.52. The topological polar surface area (TPSA) is 18.0 Å². The Morgan fingerprint density at radius 2 is 0.968 bits per heavy atom. The van der Waals surface area contributed by atoms with Crippen molar-refractivity contribution in [2.75, 3.05) is 4.90 Å². The summed E-state index contributed by atoms with van der Waals surface area (Å²) in [7, 11) is 0. The van der Waals surface area contributed by atoms with E-state index < -0.39 is 0 Å². The van der Waals surface area contributed by atoms with Gasteiger partial charge < -0.3 is 9.05 Å². The highest BCUT2D eigenvalue weighted by atomic mass is 15.3. The number of benzene rings is 8. The predicted octanol–water partition coefficient (Wildman–Crippen LogP) is 13.8. The first-order chi connectivity index (χ1) is 30.6. The fraction of sp³-hybridized carbons (Fsp3) is 0.138. The number of fused-ring (bicyclic) bond motifs is 13. The molecule has 4 nitrogen and oxygen atoms in total. The van der Waals surface area contributed by atoms with Crippen LogP contribution in [0.3, 0.4) is 0 Å². The van der Waals surface area contributed by atoms with E-state index in [0.29, 0.717) is 0 Å². The Morgan fingerprint density at radius 1 is 0.413 bits per heavy atom. The van der Waals surface area contributed by atoms with Gasteiger partial charge in [0.15, 0.2) is 0 Å². The van der Waals surface area contributed by atoms with Crippen molar-refractivity contribution >= 4 is 89.5 Å². The third-order valence-electron chi connectivity index (χ3n) is 14.1. The molecule has 5 heterocycles. The van der Waals surface area contributed by atoms with Crippen molar-refractivity contribution in [3.05, 3.63) is 187 Å². The fourth-order valence-corrected chi connectivity index (χ4v) is 11.2. The fourth-order valence-electron chi connectivity index (χ4n) is 11.2. The molecular weight excluding hydrogens is 763 g/mol. The van der Waals surface area contributed by atoms with Gasteiger partial charge in [-0.3, -0.25) is 9.47 Å². The lowest BCUT2D eigenvalue weighted by molar-refractivity contribution is 0.590. The molecule has 8 aromatic carbocycles. The number of aromatic nitrogens is 3. The van der Waals surface area contributed by atoms with Crippen molar-refractivity contribution in [2.24, 2.45) is 0 Å². The van der Waals surface area contributed by atoms with E-state index in [1.165, 1.54) is 105 Å². The zero-order valence-corrected chi connectivity index (χ0v) is 36.6. The van der Waals surface area contributed by atoms with Crippen LogP contribution < -0.4 is 15.8 Å². The van der Waals surface area contributed by atoms with Gasteiger partial charge in [0.1, 0.15) is 5.82 Å². The minimum atomic E-state index is -0.135. The summed E-state index contributed by atoms with van der Waals surface area (Å²) in [5, 5.41) is 6.40. The summed E-state index contributed by atoms with van der Waals surface area (Å²) in [5.74, 6) is 1.19. The third-order valence-corrected chi connectivity index (χ3v) is 14.1. The van der Waals surface area contributed by atoms with Gasteiger partial charge in [-0.25, -0.2) is 0 Å². The number of para-hydroxylation sites is 5. The normalized spacial score (nSPS) is 13.5. The van der Waals surface area contributed by atoms with E-state index in [1.807, 2.05) is 0 Å². The third kappa shape index (κ3) is 4.94. The number of hydrogen-bond acceptors (Lipinski definition) is 1. The number of nitrogens with zero attached hydrogens (tertiary/aromatic N) is 4. The van der Waals surface area contributed by atoms with Crippen LogP contribution in [0.15, 0.2) is 176 Å². The van der Waals surface area contributed by atoms with E-state index >= 15 is 0 Å². The molecule has 0 aliphatic carbocycles. The van der Waals surface area contributed by atoms with Crippen LogP contribution in [0.4, 0.5) is 17.2 Å². The van der Waals surface area contributed by atoms with Crippen molar-refractivity contribution in [3.63, 3.8) is 0 Å². The minimum Gasteiger partial charge on any atom is -0.375 e. The van der Waals surface area contributed by atoms with E-state index in [0.717, 1.165) is 11.4 Å². The summed E-state index contributed by atoms with van der Waals surface area (Å²) >= 11 is 0. The summed E-state index contributed by atoms with van der Waals surface area (Å²) in [6.07, 6.45) is 0. The SMILES string of the molecule is CC(C)(C)c1ccc(N2c3cc(C(C)(C)C)cc4c3B(c3c2n(-c2ccccc2)c2ccccc32)n2c3ccccc3c3cc5c(c-4c32)c2ccccc2n5-c2ccccc2)cc1. The molecule has 0 atom stereocenters. The van der Waals surface area contributed by atoms with Crippen LogP contribution in [0.25, 0.3) is 77.0 Å². The van der Waals surface area contributed by atoms with Gasteiger partial charge in [-0.15, -0.1) is 0 Å². The van der Waals surface area contributed by atoms with Crippen LogP contribution in [0.1, 0.15) is 52.7 Å². The zero-order valence-electron chi connectivity index (χ0n) is 36.6. The van der Waals surface area contributed by atoms with Crippen LogP contribution in [-0.4, -0.2) is 20.5 Å². The maximum absolute atomic E-state index is 2.73. The second-order valence-electron chi connectivity index (χ2n) is 19.8. The first-order valence-corrected chi connectivity index (χ1v) is 22.4. The Bertz CT molecular complexity index is 3690. The summed E-state index contributed by atoms with van der Waals surface area (Å²) in [4.78, 5) is 2.61. The van der Waals surface area contributed by atoms with Gasteiger partial charge in [-0.1, -0.05) is 151 Å². The number of anilines is 3. The van der Waals surface area contributed by atoms with Gasteiger partial charge >= 0.3 is 6.85 Å². The summed E-state index contributed by atoms with van der Waals surface area (Å²) in [6, 6.07) is 66.2. The largest absolute Gasteiger partial charge is 0.375 e. The lowest BCUT2D eigenvalue weighted by atomic mass is 9.45. The second kappa shape index (κ2) is 12.7. The molecule has 0 amide bonds. The number of rotatable bonds is 3. The summed E-state index contributed by atoms with van der Waals surface area (Å²) < 4.78 is 7.76. The van der Waals surface area contributed by atoms with Crippen LogP contribution in [-0.2, 0) is 10.8 Å². The van der Waals surface area contributed by atoms with Crippen molar-refractivity contribution < 1.29 is 0 Å². The molecule has 13 rings (SSSR count). The van der Waals surface area contributed by atoms with Gasteiger partial charge in [0, 0.05) is 66.4 Å². The quantitative estimate of drug-likeness (QED) is 0.163. The van der Waals surface area contributed by atoms with Crippen LogP contribution in [0.2, 0.25) is 0 Å². The van der Waals surface area contributed by atoms with Crippen molar-refractivity contribution in [2.45, 2.75) is 52.4 Å². The lowest BCUT2D eigenvalue weighted by Gasteiger charge is -2.41. The predicted molar refractivity (Wildman–Crippen MR) is 269 cm³/mol. The average molecular weight is 811 g/mol. The van der Waals surface area contributed by atoms with E-state index in [1.54, 1.807) is 0 Å². The molecule has 3 aromatic heterocycles. The van der Waals surface area contributed by atoms with Crippen LogP contribution in [0.5, 0.6) is 0 Å². The summed E-state index contributed by atoms with van der Waals surface area (Å²) in [5.41, 5.74) is 18.8. The van der Waals surface area contributed by atoms with Gasteiger partial charge in [0.05, 0.1) is 16.6 Å². The maximum atomic E-state index is 2.73. The molecule has 0 saturated heterocycles. The van der Waals surface area contributed by atoms with Gasteiger partial charge in [0.2, 0.25) is 0 Å². The van der Waals surface area contributed by atoms with Crippen molar-refractivity contribution in [3.8, 4) is 22.5 Å². The molecule has 63 heavy (non-hydrogen) atoms. The van der Waals surface area contributed by atoms with E-state index in [2.05, 4.69) is 236 Å². The molecule has 0 spiro atoms. The smallest absolute Gasteiger partial charge is 0.335 e. The van der Waals surface area contributed by atoms with Gasteiger partial charge in [0.25, 0.3) is 0 Å². The van der Waals surface area contributed by atoms with Gasteiger partial charge in [-0.2, -0.15) is 0 Å². The Morgan fingerprint density at radius 3 is 1.62 bits per heavy atom. The molecular formula is C58H47BN4. The molecule has 0 saturated carbocycles. The molecule has 5 heteroatoms. The van der Waals surface area contributed by atoms with Crippen LogP contribution >= 0.6 is 0 Å². The Balaban J connectivity index is 1.28. The zero-order chi connectivity index (χ0) is 42.5. The van der Waals surface area contributed by atoms with Crippen LogP contribution in [0, 0.1) is 0 Å². The van der Waals surface area contributed by atoms with Crippen molar-refractivity contribution in [1.29, 1.82) is 0 Å². The highest BCUT2D eigenvalue weighted by molar-refractivity contribution is 6.92. The highest BCUT2D eigenvalue weighted by Gasteiger charge is 2.47. The summed E-state index contributed by atoms with van der Waals surface area (Å²) in [6.45, 7) is 13.9. The molecule has 0 bridgehead atoms. The van der Waals surface area contributed by atoms with E-state index in [9.17, 15) is 0 Å². The maximum Gasteiger partial charge on any atom is 0.335 e. The molecule has 2 aliphatic rings. The first kappa shape index (κ1) is 36.4. The molecule has 2 aliphatic heterocycles. The Labute approximate surface area is 368 Å². The number of hydrogen-bond donors (Lipinski definition) is 0. The standard InChI is InChI=1S/C58H47BN4/c1-57(2,3)36-29-31-40(32-30-36)62-50-34-37(58(4,5)6)33-45-52-51-42-24-14-16-26-46(42)60(38-19-9-7-10-20-38)49(51)35-44-41-23-13-18-28-48(41)63(55(44)52)59(53(45)50)54-43-25-15-17-27-47(43)61(56(54)62)39-21-11-8-12-22-39/h7-35H,1-6H3.